The maximum absolute atomic E-state index is 12.6. The number of carbonyl (C=O) groups excluding carboxylic acids is 2. The summed E-state index contributed by atoms with van der Waals surface area (Å²) in [5, 5.41) is 2.68. The van der Waals surface area contributed by atoms with E-state index in [4.69, 9.17) is 4.74 Å². The van der Waals surface area contributed by atoms with Crippen LogP contribution in [-0.2, 0) is 0 Å². The van der Waals surface area contributed by atoms with Crippen LogP contribution in [0.2, 0.25) is 0 Å². The predicted octanol–water partition coefficient (Wildman–Crippen LogP) is 4.01. The third-order valence-electron chi connectivity index (χ3n) is 4.58. The van der Waals surface area contributed by atoms with Crippen LogP contribution in [0.1, 0.15) is 16.8 Å². The number of hydrogen-bond acceptors (Lipinski definition) is 3. The molecular formula is C21H22F3N3O3. The Morgan fingerprint density at radius 3 is 2.37 bits per heavy atom. The second-order valence-electron chi connectivity index (χ2n) is 6.86. The fourth-order valence-corrected chi connectivity index (χ4v) is 3.12. The second-order valence-corrected chi connectivity index (χ2v) is 6.86. The van der Waals surface area contributed by atoms with E-state index in [-0.39, 0.29) is 17.7 Å². The molecule has 1 aliphatic heterocycles. The lowest BCUT2D eigenvalue weighted by Gasteiger charge is -2.22. The van der Waals surface area contributed by atoms with E-state index in [1.165, 1.54) is 18.2 Å². The number of anilines is 1. The minimum atomic E-state index is -4.44. The number of amides is 3. The lowest BCUT2D eigenvalue weighted by Crippen LogP contribution is -2.39. The fraction of sp³-hybridized carbons (Fsp3) is 0.333. The van der Waals surface area contributed by atoms with Gasteiger partial charge in [0, 0.05) is 43.5 Å². The Morgan fingerprint density at radius 2 is 1.63 bits per heavy atom. The summed E-state index contributed by atoms with van der Waals surface area (Å²) in [6.45, 7) is 0.360. The van der Waals surface area contributed by atoms with E-state index >= 15 is 0 Å². The van der Waals surface area contributed by atoms with Crippen molar-refractivity contribution in [2.45, 2.75) is 12.6 Å². The largest absolute Gasteiger partial charge is 0.484 e. The van der Waals surface area contributed by atoms with Gasteiger partial charge in [0.2, 0.25) is 0 Å². The minimum Gasteiger partial charge on any atom is -0.484 e. The van der Waals surface area contributed by atoms with Crippen LogP contribution in [0.25, 0.3) is 0 Å². The van der Waals surface area contributed by atoms with Crippen molar-refractivity contribution in [3.05, 3.63) is 60.2 Å². The van der Waals surface area contributed by atoms with Crippen LogP contribution >= 0.6 is 0 Å². The van der Waals surface area contributed by atoms with Crippen molar-refractivity contribution in [3.63, 3.8) is 0 Å². The normalized spacial score (nSPS) is 14.8. The molecule has 1 saturated heterocycles. The molecule has 0 atom stereocenters. The first-order valence-electron chi connectivity index (χ1n) is 9.52. The van der Waals surface area contributed by atoms with E-state index in [1.807, 2.05) is 6.07 Å². The molecule has 6 nitrogen and oxygen atoms in total. The maximum Gasteiger partial charge on any atom is 0.422 e. The number of nitrogens with zero attached hydrogens (tertiary/aromatic N) is 2. The smallest absolute Gasteiger partial charge is 0.422 e. The highest BCUT2D eigenvalue weighted by Gasteiger charge is 2.28. The average Bonchev–Trinajstić information content (AvgIpc) is 2.98. The topological polar surface area (TPSA) is 61.9 Å². The Hall–Kier alpha value is -3.23. The van der Waals surface area contributed by atoms with Crippen molar-refractivity contribution in [3.8, 4) is 5.75 Å². The molecule has 2 aromatic rings. The van der Waals surface area contributed by atoms with Crippen molar-refractivity contribution < 1.29 is 27.5 Å². The van der Waals surface area contributed by atoms with Gasteiger partial charge < -0.3 is 19.9 Å². The number of ether oxygens (including phenoxy) is 1. The zero-order valence-electron chi connectivity index (χ0n) is 16.2. The molecule has 1 heterocycles. The standard InChI is InChI=1S/C21H22F3N3O3/c22-21(23,24)15-30-18-9-4-8-17(14-18)25-20(29)27-11-5-10-26(12-13-27)19(28)16-6-2-1-3-7-16/h1-4,6-9,14H,5,10-13,15H2,(H,25,29). The first-order valence-corrected chi connectivity index (χ1v) is 9.52. The molecule has 2 aromatic carbocycles. The summed E-state index contributed by atoms with van der Waals surface area (Å²) in [7, 11) is 0. The molecule has 0 bridgehead atoms. The maximum atomic E-state index is 12.6. The Morgan fingerprint density at radius 1 is 0.933 bits per heavy atom. The van der Waals surface area contributed by atoms with Crippen LogP contribution in [0, 0.1) is 0 Å². The number of carbonyl (C=O) groups is 2. The Bertz CT molecular complexity index is 875. The fourth-order valence-electron chi connectivity index (χ4n) is 3.12. The molecule has 160 valence electrons. The van der Waals surface area contributed by atoms with E-state index in [0.29, 0.717) is 43.9 Å². The lowest BCUT2D eigenvalue weighted by atomic mass is 10.2. The molecule has 0 saturated carbocycles. The molecule has 0 spiro atoms. The van der Waals surface area contributed by atoms with Gasteiger partial charge in [-0.15, -0.1) is 0 Å². The molecule has 30 heavy (non-hydrogen) atoms. The Balaban J connectivity index is 1.56. The second kappa shape index (κ2) is 9.51. The van der Waals surface area contributed by atoms with Crippen LogP contribution < -0.4 is 10.1 Å². The number of hydrogen-bond donors (Lipinski definition) is 1. The van der Waals surface area contributed by atoms with Gasteiger partial charge in [-0.1, -0.05) is 24.3 Å². The molecule has 0 unspecified atom stereocenters. The van der Waals surface area contributed by atoms with Gasteiger partial charge >= 0.3 is 12.2 Å². The van der Waals surface area contributed by atoms with Crippen LogP contribution in [0.4, 0.5) is 23.7 Å². The average molecular weight is 421 g/mol. The van der Waals surface area contributed by atoms with Gasteiger partial charge in [-0.3, -0.25) is 4.79 Å². The minimum absolute atomic E-state index is 0.0145. The Kier molecular flexibility index (Phi) is 6.81. The summed E-state index contributed by atoms with van der Waals surface area (Å²) in [5.74, 6) is -0.0620. The predicted molar refractivity (Wildman–Crippen MR) is 106 cm³/mol. The summed E-state index contributed by atoms with van der Waals surface area (Å²) >= 11 is 0. The van der Waals surface area contributed by atoms with E-state index in [9.17, 15) is 22.8 Å². The molecule has 1 aliphatic rings. The van der Waals surface area contributed by atoms with Crippen molar-refractivity contribution in [1.29, 1.82) is 0 Å². The number of alkyl halides is 3. The number of rotatable bonds is 4. The number of nitrogens with one attached hydrogen (secondary N) is 1. The van der Waals surface area contributed by atoms with E-state index in [1.54, 1.807) is 40.1 Å². The first kappa shape index (κ1) is 21.5. The Labute approximate surface area is 172 Å². The molecule has 3 rings (SSSR count). The number of halogens is 3. The van der Waals surface area contributed by atoms with E-state index in [2.05, 4.69) is 5.32 Å². The van der Waals surface area contributed by atoms with E-state index < -0.39 is 12.8 Å². The van der Waals surface area contributed by atoms with Gasteiger partial charge in [-0.2, -0.15) is 13.2 Å². The number of urea groups is 1. The van der Waals surface area contributed by atoms with Crippen LogP contribution in [0.15, 0.2) is 54.6 Å². The highest BCUT2D eigenvalue weighted by atomic mass is 19.4. The first-order chi connectivity index (χ1) is 14.3. The van der Waals surface area contributed by atoms with Crippen LogP contribution in [-0.4, -0.2) is 60.7 Å². The van der Waals surface area contributed by atoms with Gasteiger partial charge in [0.1, 0.15) is 5.75 Å². The van der Waals surface area contributed by atoms with Gasteiger partial charge in [0.05, 0.1) is 0 Å². The molecule has 3 amide bonds. The zero-order chi connectivity index (χ0) is 21.6. The van der Waals surface area contributed by atoms with Gasteiger partial charge in [0.15, 0.2) is 6.61 Å². The molecule has 9 heteroatoms. The van der Waals surface area contributed by atoms with E-state index in [0.717, 1.165) is 0 Å². The van der Waals surface area contributed by atoms with Crippen molar-refractivity contribution in [1.82, 2.24) is 9.80 Å². The van der Waals surface area contributed by atoms with Gasteiger partial charge in [-0.05, 0) is 30.7 Å². The van der Waals surface area contributed by atoms with Crippen molar-refractivity contribution in [2.24, 2.45) is 0 Å². The third kappa shape index (κ3) is 6.13. The molecule has 0 aliphatic carbocycles. The summed E-state index contributed by atoms with van der Waals surface area (Å²) in [6.07, 6.45) is -3.81. The molecule has 1 fully saturated rings. The van der Waals surface area contributed by atoms with Gasteiger partial charge in [-0.25, -0.2) is 4.79 Å². The highest BCUT2D eigenvalue weighted by molar-refractivity contribution is 5.94. The molecule has 0 aromatic heterocycles. The van der Waals surface area contributed by atoms with Gasteiger partial charge in [0.25, 0.3) is 5.91 Å². The summed E-state index contributed by atoms with van der Waals surface area (Å²) in [5.41, 5.74) is 0.937. The van der Waals surface area contributed by atoms with Crippen LogP contribution in [0.5, 0.6) is 5.75 Å². The van der Waals surface area contributed by atoms with Crippen molar-refractivity contribution >= 4 is 17.6 Å². The zero-order valence-corrected chi connectivity index (χ0v) is 16.2. The summed E-state index contributed by atoms with van der Waals surface area (Å²) in [4.78, 5) is 28.5. The summed E-state index contributed by atoms with van der Waals surface area (Å²) < 4.78 is 41.6. The van der Waals surface area contributed by atoms with Crippen LogP contribution in [0.3, 0.4) is 0 Å². The molecule has 1 N–H and O–H groups in total. The third-order valence-corrected chi connectivity index (χ3v) is 4.58. The number of benzene rings is 2. The lowest BCUT2D eigenvalue weighted by molar-refractivity contribution is -0.153. The summed E-state index contributed by atoms with van der Waals surface area (Å²) in [6, 6.07) is 14.4. The van der Waals surface area contributed by atoms with Crippen molar-refractivity contribution in [2.75, 3.05) is 38.1 Å². The quantitative estimate of drug-likeness (QED) is 0.812. The monoisotopic (exact) mass is 421 g/mol. The molecular weight excluding hydrogens is 399 g/mol. The highest BCUT2D eigenvalue weighted by Crippen LogP contribution is 2.22. The SMILES string of the molecule is O=C(Nc1cccc(OCC(F)(F)F)c1)N1CCCN(C(=O)c2ccccc2)CC1. The molecule has 0 radical (unpaired) electrons.